The van der Waals surface area contributed by atoms with Crippen molar-refractivity contribution >= 4 is 11.7 Å². The van der Waals surface area contributed by atoms with Crippen LogP contribution in [0.15, 0.2) is 24.7 Å². The lowest BCUT2D eigenvalue weighted by Crippen LogP contribution is -2.44. The largest absolute Gasteiger partial charge is 0.378 e. The molecule has 0 atom stereocenters. The quantitative estimate of drug-likeness (QED) is 0.856. The van der Waals surface area contributed by atoms with E-state index in [0.29, 0.717) is 5.92 Å². The summed E-state index contributed by atoms with van der Waals surface area (Å²) in [6.07, 6.45) is 5.31. The molecule has 2 aromatic rings. The third-order valence-electron chi connectivity index (χ3n) is 5.01. The molecule has 3 heterocycles. The van der Waals surface area contributed by atoms with Gasteiger partial charge in [-0.3, -0.25) is 9.48 Å². The van der Waals surface area contributed by atoms with Crippen molar-refractivity contribution in [2.75, 3.05) is 31.2 Å². The van der Waals surface area contributed by atoms with Crippen LogP contribution in [0.5, 0.6) is 0 Å². The highest BCUT2D eigenvalue weighted by Gasteiger charge is 2.32. The van der Waals surface area contributed by atoms with E-state index in [1.54, 1.807) is 11.0 Å². The monoisotopic (exact) mass is 356 g/mol. The van der Waals surface area contributed by atoms with Crippen LogP contribution >= 0.6 is 0 Å². The van der Waals surface area contributed by atoms with Crippen LogP contribution in [0.3, 0.4) is 0 Å². The van der Waals surface area contributed by atoms with Crippen LogP contribution in [-0.4, -0.2) is 58.0 Å². The summed E-state index contributed by atoms with van der Waals surface area (Å²) in [5.41, 5.74) is 1.98. The minimum atomic E-state index is 0.00763. The molecule has 26 heavy (non-hydrogen) atoms. The molecule has 1 aliphatic carbocycles. The van der Waals surface area contributed by atoms with Crippen LogP contribution in [0.2, 0.25) is 0 Å². The van der Waals surface area contributed by atoms with E-state index >= 15 is 0 Å². The van der Waals surface area contributed by atoms with Gasteiger partial charge in [0.05, 0.1) is 18.9 Å². The summed E-state index contributed by atoms with van der Waals surface area (Å²) in [5, 5.41) is 7.33. The average molecular weight is 356 g/mol. The van der Waals surface area contributed by atoms with Gasteiger partial charge in [0.2, 0.25) is 5.91 Å². The first-order valence-electron chi connectivity index (χ1n) is 9.11. The molecule has 2 fully saturated rings. The lowest BCUT2D eigenvalue weighted by molar-refractivity contribution is -0.123. The Morgan fingerprint density at radius 1 is 1.31 bits per heavy atom. The number of hydrogen-bond donors (Lipinski definition) is 1. The van der Waals surface area contributed by atoms with Crippen LogP contribution in [0.1, 0.15) is 30.1 Å². The van der Waals surface area contributed by atoms with Crippen molar-refractivity contribution in [2.45, 2.75) is 38.3 Å². The molecule has 2 aromatic heterocycles. The molecule has 0 radical (unpaired) electrons. The lowest BCUT2D eigenvalue weighted by Gasteiger charge is -2.36. The molecule has 138 valence electrons. The maximum absolute atomic E-state index is 12.1. The highest BCUT2D eigenvalue weighted by molar-refractivity contribution is 5.76. The Morgan fingerprint density at radius 3 is 2.85 bits per heavy atom. The van der Waals surface area contributed by atoms with Gasteiger partial charge in [-0.1, -0.05) is 0 Å². The highest BCUT2D eigenvalue weighted by Crippen LogP contribution is 2.36. The molecule has 2 aliphatic rings. The zero-order valence-corrected chi connectivity index (χ0v) is 15.0. The number of morpholine rings is 1. The average Bonchev–Trinajstić information content (AvgIpc) is 3.03. The van der Waals surface area contributed by atoms with Crippen molar-refractivity contribution in [3.8, 4) is 0 Å². The molecule has 0 aromatic carbocycles. The Kier molecular flexibility index (Phi) is 4.83. The zero-order chi connectivity index (χ0) is 17.9. The molecule has 1 N–H and O–H groups in total. The summed E-state index contributed by atoms with van der Waals surface area (Å²) in [7, 11) is 0. The SMILES string of the molecule is Cc1ccn(CC(=O)NC2CC(c3cc(N4CCOCC4)ncn3)C2)n1. The molecule has 0 unspecified atom stereocenters. The predicted octanol–water partition coefficient (Wildman–Crippen LogP) is 0.881. The second-order valence-electron chi connectivity index (χ2n) is 6.99. The Labute approximate surface area is 152 Å². The second-order valence-corrected chi connectivity index (χ2v) is 6.99. The van der Waals surface area contributed by atoms with Crippen LogP contribution in [0, 0.1) is 6.92 Å². The molecular formula is C18H24N6O2. The molecule has 4 rings (SSSR count). The van der Waals surface area contributed by atoms with E-state index in [2.05, 4.69) is 31.3 Å². The number of ether oxygens (including phenoxy) is 1. The Bertz CT molecular complexity index is 765. The number of amides is 1. The molecular weight excluding hydrogens is 332 g/mol. The van der Waals surface area contributed by atoms with Crippen molar-refractivity contribution in [2.24, 2.45) is 0 Å². The first-order valence-corrected chi connectivity index (χ1v) is 9.11. The van der Waals surface area contributed by atoms with E-state index in [1.165, 1.54) is 0 Å². The third-order valence-corrected chi connectivity index (χ3v) is 5.01. The first-order chi connectivity index (χ1) is 12.7. The smallest absolute Gasteiger partial charge is 0.241 e. The standard InChI is InChI=1S/C18H24N6O2/c1-13-2-3-24(22-13)11-18(25)21-15-8-14(9-15)16-10-17(20-12-19-16)23-4-6-26-7-5-23/h2-3,10,12,14-15H,4-9,11H2,1H3,(H,21,25). The van der Waals surface area contributed by atoms with Crippen LogP contribution < -0.4 is 10.2 Å². The summed E-state index contributed by atoms with van der Waals surface area (Å²) in [6, 6.07) is 4.19. The van der Waals surface area contributed by atoms with Crippen molar-refractivity contribution in [1.82, 2.24) is 25.1 Å². The van der Waals surface area contributed by atoms with Crippen molar-refractivity contribution in [3.05, 3.63) is 36.0 Å². The van der Waals surface area contributed by atoms with Gasteiger partial charge in [0.15, 0.2) is 0 Å². The van der Waals surface area contributed by atoms with Gasteiger partial charge in [-0.25, -0.2) is 9.97 Å². The number of anilines is 1. The number of hydrogen-bond acceptors (Lipinski definition) is 6. The van der Waals surface area contributed by atoms with Gasteiger partial charge in [0.1, 0.15) is 18.7 Å². The number of nitrogens with one attached hydrogen (secondary N) is 1. The molecule has 0 spiro atoms. The molecule has 8 heteroatoms. The summed E-state index contributed by atoms with van der Waals surface area (Å²) >= 11 is 0. The Balaban J connectivity index is 1.28. The number of nitrogens with zero attached hydrogens (tertiary/aromatic N) is 5. The van der Waals surface area contributed by atoms with Gasteiger partial charge >= 0.3 is 0 Å². The van der Waals surface area contributed by atoms with Gasteiger partial charge in [0, 0.05) is 43.0 Å². The van der Waals surface area contributed by atoms with E-state index in [-0.39, 0.29) is 18.5 Å². The van der Waals surface area contributed by atoms with E-state index in [4.69, 9.17) is 4.74 Å². The molecule has 8 nitrogen and oxygen atoms in total. The first kappa shape index (κ1) is 17.0. The second kappa shape index (κ2) is 7.41. The highest BCUT2D eigenvalue weighted by atomic mass is 16.5. The Hall–Kier alpha value is -2.48. The fourth-order valence-corrected chi connectivity index (χ4v) is 3.50. The summed E-state index contributed by atoms with van der Waals surface area (Å²) < 4.78 is 7.06. The van der Waals surface area contributed by atoms with Crippen LogP contribution in [0.25, 0.3) is 0 Å². The van der Waals surface area contributed by atoms with Crippen molar-refractivity contribution in [1.29, 1.82) is 0 Å². The van der Waals surface area contributed by atoms with Gasteiger partial charge in [-0.15, -0.1) is 0 Å². The molecule has 1 aliphatic heterocycles. The fourth-order valence-electron chi connectivity index (χ4n) is 3.50. The van der Waals surface area contributed by atoms with E-state index in [9.17, 15) is 4.79 Å². The van der Waals surface area contributed by atoms with Gasteiger partial charge < -0.3 is 15.0 Å². The van der Waals surface area contributed by atoms with Gasteiger partial charge in [0.25, 0.3) is 0 Å². The lowest BCUT2D eigenvalue weighted by atomic mass is 9.78. The van der Waals surface area contributed by atoms with E-state index in [0.717, 1.165) is 56.4 Å². The Morgan fingerprint density at radius 2 is 2.12 bits per heavy atom. The topological polar surface area (TPSA) is 85.2 Å². The maximum atomic E-state index is 12.1. The maximum Gasteiger partial charge on any atom is 0.241 e. The molecule has 0 bridgehead atoms. The van der Waals surface area contributed by atoms with Crippen molar-refractivity contribution in [3.63, 3.8) is 0 Å². The van der Waals surface area contributed by atoms with E-state index in [1.807, 2.05) is 19.2 Å². The number of carbonyl (C=O) groups is 1. The molecule has 1 saturated heterocycles. The fraction of sp³-hybridized carbons (Fsp3) is 0.556. The zero-order valence-electron chi connectivity index (χ0n) is 15.0. The summed E-state index contributed by atoms with van der Waals surface area (Å²) in [6.45, 7) is 5.40. The van der Waals surface area contributed by atoms with Gasteiger partial charge in [-0.05, 0) is 25.8 Å². The number of carbonyl (C=O) groups excluding carboxylic acids is 1. The van der Waals surface area contributed by atoms with Crippen molar-refractivity contribution < 1.29 is 9.53 Å². The predicted molar refractivity (Wildman–Crippen MR) is 95.9 cm³/mol. The number of rotatable bonds is 5. The summed E-state index contributed by atoms with van der Waals surface area (Å²) in [5.74, 6) is 1.36. The minimum absolute atomic E-state index is 0.00763. The number of aromatic nitrogens is 4. The minimum Gasteiger partial charge on any atom is -0.378 e. The van der Waals surface area contributed by atoms with E-state index < -0.39 is 0 Å². The van der Waals surface area contributed by atoms with Crippen LogP contribution in [0.4, 0.5) is 5.82 Å². The summed E-state index contributed by atoms with van der Waals surface area (Å²) in [4.78, 5) is 23.2. The number of aryl methyl sites for hydroxylation is 1. The van der Waals surface area contributed by atoms with Gasteiger partial charge in [-0.2, -0.15) is 5.10 Å². The van der Waals surface area contributed by atoms with Crippen LogP contribution in [-0.2, 0) is 16.1 Å². The third kappa shape index (κ3) is 3.85. The molecule has 1 saturated carbocycles. The molecule has 1 amide bonds. The normalized spacial score (nSPS) is 22.7.